The highest BCUT2D eigenvalue weighted by Crippen LogP contribution is 2.21. The average molecular weight is 274 g/mol. The third-order valence-electron chi connectivity index (χ3n) is 2.75. The van der Waals surface area contributed by atoms with Gasteiger partial charge in [-0.3, -0.25) is 4.79 Å². The van der Waals surface area contributed by atoms with E-state index in [4.69, 9.17) is 9.52 Å². The van der Waals surface area contributed by atoms with Crippen LogP contribution < -0.4 is 10.4 Å². The Morgan fingerprint density at radius 2 is 1.90 bits per heavy atom. The molecule has 0 fully saturated rings. The molecule has 104 valence electrons. The molecule has 0 saturated heterocycles. The van der Waals surface area contributed by atoms with Crippen molar-refractivity contribution in [3.05, 3.63) is 46.9 Å². The summed E-state index contributed by atoms with van der Waals surface area (Å²) in [5.41, 5.74) is 0.221. The molecule has 2 rings (SSSR count). The van der Waals surface area contributed by atoms with Crippen molar-refractivity contribution in [3.8, 4) is 5.75 Å². The maximum Gasteiger partial charge on any atom is 0.335 e. The molecule has 1 amide bonds. The van der Waals surface area contributed by atoms with Crippen LogP contribution in [0.2, 0.25) is 0 Å². The molecule has 0 unspecified atom stereocenters. The first-order chi connectivity index (χ1) is 9.38. The number of amides is 1. The lowest BCUT2D eigenvalue weighted by atomic mass is 10.1. The molecule has 6 heteroatoms. The molecule has 6 nitrogen and oxygen atoms in total. The number of carboxylic acid groups (broad SMARTS) is 1. The molecule has 2 N–H and O–H groups in total. The van der Waals surface area contributed by atoms with Crippen molar-refractivity contribution in [2.45, 2.75) is 13.8 Å². The number of hydrogen-bond donors (Lipinski definition) is 2. The summed E-state index contributed by atoms with van der Waals surface area (Å²) < 4.78 is 5.25. The Labute approximate surface area is 114 Å². The summed E-state index contributed by atoms with van der Waals surface area (Å²) in [6, 6.07) is 5.18. The molecule has 1 aromatic heterocycles. The standard InChI is InChI=1S/C14H13NO5/c1-7-5-10(8(2)20-7)13(17)15-9-3-4-12(16)11(6-9)14(18)19/h3-6,16H,1-2H3,(H,15,17)(H,18,19)/p-1. The lowest BCUT2D eigenvalue weighted by Gasteiger charge is -2.12. The van der Waals surface area contributed by atoms with Crippen molar-refractivity contribution in [3.63, 3.8) is 0 Å². The van der Waals surface area contributed by atoms with E-state index >= 15 is 0 Å². The zero-order valence-electron chi connectivity index (χ0n) is 10.9. The molecule has 20 heavy (non-hydrogen) atoms. The van der Waals surface area contributed by atoms with Gasteiger partial charge in [0.15, 0.2) is 0 Å². The topological polar surface area (TPSA) is 103 Å². The first-order valence-electron chi connectivity index (χ1n) is 5.81. The minimum Gasteiger partial charge on any atom is -0.872 e. The fourth-order valence-corrected chi connectivity index (χ4v) is 1.83. The van der Waals surface area contributed by atoms with Crippen LogP contribution in [0.5, 0.6) is 5.75 Å². The number of aryl methyl sites for hydroxylation is 2. The Bertz CT molecular complexity index is 687. The number of nitrogens with one attached hydrogen (secondary N) is 1. The van der Waals surface area contributed by atoms with Crippen LogP contribution in [0.3, 0.4) is 0 Å². The van der Waals surface area contributed by atoms with E-state index in [2.05, 4.69) is 5.32 Å². The van der Waals surface area contributed by atoms with Gasteiger partial charge in [-0.1, -0.05) is 11.8 Å². The van der Waals surface area contributed by atoms with Crippen molar-refractivity contribution in [1.82, 2.24) is 0 Å². The van der Waals surface area contributed by atoms with Crippen molar-refractivity contribution < 1.29 is 24.2 Å². The molecule has 2 aromatic rings. The van der Waals surface area contributed by atoms with Crippen LogP contribution in [0.4, 0.5) is 5.69 Å². The zero-order valence-corrected chi connectivity index (χ0v) is 10.9. The number of hydrogen-bond acceptors (Lipinski definition) is 4. The molecular weight excluding hydrogens is 262 g/mol. The third kappa shape index (κ3) is 2.64. The van der Waals surface area contributed by atoms with Crippen LogP contribution in [-0.4, -0.2) is 17.0 Å². The molecule has 1 aromatic carbocycles. The van der Waals surface area contributed by atoms with E-state index < -0.39 is 17.6 Å². The summed E-state index contributed by atoms with van der Waals surface area (Å²) in [5.74, 6) is -1.28. The average Bonchev–Trinajstić information content (AvgIpc) is 2.70. The number of furan rings is 1. The highest BCUT2D eigenvalue weighted by atomic mass is 16.4. The van der Waals surface area contributed by atoms with E-state index in [0.29, 0.717) is 17.1 Å². The monoisotopic (exact) mass is 274 g/mol. The van der Waals surface area contributed by atoms with Gasteiger partial charge < -0.3 is 19.9 Å². The van der Waals surface area contributed by atoms with E-state index in [1.165, 1.54) is 6.07 Å². The van der Waals surface area contributed by atoms with Gasteiger partial charge in [0.2, 0.25) is 0 Å². The van der Waals surface area contributed by atoms with E-state index in [1.54, 1.807) is 19.9 Å². The molecule has 0 saturated carbocycles. The minimum absolute atomic E-state index is 0.241. The molecule has 0 aliphatic rings. The van der Waals surface area contributed by atoms with Crippen LogP contribution >= 0.6 is 0 Å². The predicted octanol–water partition coefficient (Wildman–Crippen LogP) is 1.92. The Balaban J connectivity index is 2.26. The van der Waals surface area contributed by atoms with E-state index in [1.807, 2.05) is 0 Å². The van der Waals surface area contributed by atoms with Gasteiger partial charge in [-0.25, -0.2) is 4.79 Å². The second-order valence-corrected chi connectivity index (χ2v) is 4.30. The highest BCUT2D eigenvalue weighted by Gasteiger charge is 2.14. The summed E-state index contributed by atoms with van der Waals surface area (Å²) in [5, 5.41) is 22.7. The summed E-state index contributed by atoms with van der Waals surface area (Å²) in [6.07, 6.45) is 0. The molecule has 1 heterocycles. The van der Waals surface area contributed by atoms with Gasteiger partial charge in [-0.05, 0) is 32.0 Å². The van der Waals surface area contributed by atoms with Crippen LogP contribution in [0.25, 0.3) is 0 Å². The molecule has 0 atom stereocenters. The Morgan fingerprint density at radius 3 is 2.45 bits per heavy atom. The number of carbonyl (C=O) groups excluding carboxylic acids is 1. The van der Waals surface area contributed by atoms with E-state index in [9.17, 15) is 14.7 Å². The van der Waals surface area contributed by atoms with Crippen LogP contribution in [0.15, 0.2) is 28.7 Å². The lowest BCUT2D eigenvalue weighted by Crippen LogP contribution is -2.13. The minimum atomic E-state index is -1.33. The molecular formula is C14H12NO5-. The summed E-state index contributed by atoms with van der Waals surface area (Å²) in [4.78, 5) is 22.9. The van der Waals surface area contributed by atoms with Gasteiger partial charge in [0.25, 0.3) is 5.91 Å². The number of benzene rings is 1. The van der Waals surface area contributed by atoms with Crippen LogP contribution in [0, 0.1) is 13.8 Å². The van der Waals surface area contributed by atoms with Crippen molar-refractivity contribution in [2.75, 3.05) is 5.32 Å². The number of carbonyl (C=O) groups is 2. The van der Waals surface area contributed by atoms with Crippen molar-refractivity contribution in [1.29, 1.82) is 0 Å². The number of carboxylic acids is 1. The SMILES string of the molecule is Cc1cc(C(=O)Nc2ccc([O-])c(C(=O)O)c2)c(C)o1. The van der Waals surface area contributed by atoms with Gasteiger partial charge in [0.05, 0.1) is 11.1 Å². The van der Waals surface area contributed by atoms with Crippen LogP contribution in [-0.2, 0) is 0 Å². The first-order valence-corrected chi connectivity index (χ1v) is 5.81. The fraction of sp³-hybridized carbons (Fsp3) is 0.143. The number of rotatable bonds is 3. The summed E-state index contributed by atoms with van der Waals surface area (Å²) in [6.45, 7) is 3.38. The van der Waals surface area contributed by atoms with E-state index in [0.717, 1.165) is 12.1 Å². The smallest absolute Gasteiger partial charge is 0.335 e. The maximum atomic E-state index is 12.0. The first kappa shape index (κ1) is 13.7. The van der Waals surface area contributed by atoms with Crippen molar-refractivity contribution in [2.24, 2.45) is 0 Å². The molecule has 0 bridgehead atoms. The third-order valence-corrected chi connectivity index (χ3v) is 2.75. The van der Waals surface area contributed by atoms with Crippen LogP contribution in [0.1, 0.15) is 32.2 Å². The predicted molar refractivity (Wildman–Crippen MR) is 69.0 cm³/mol. The normalized spacial score (nSPS) is 10.3. The Kier molecular flexibility index (Phi) is 3.47. The number of anilines is 1. The zero-order chi connectivity index (χ0) is 14.9. The van der Waals surface area contributed by atoms with Gasteiger partial charge in [0.1, 0.15) is 11.5 Å². The Hall–Kier alpha value is -2.76. The van der Waals surface area contributed by atoms with Gasteiger partial charge in [-0.2, -0.15) is 0 Å². The fourth-order valence-electron chi connectivity index (χ4n) is 1.83. The largest absolute Gasteiger partial charge is 0.872 e. The van der Waals surface area contributed by atoms with Gasteiger partial charge in [-0.15, -0.1) is 0 Å². The van der Waals surface area contributed by atoms with Gasteiger partial charge >= 0.3 is 5.97 Å². The Morgan fingerprint density at radius 1 is 1.20 bits per heavy atom. The molecule has 0 spiro atoms. The summed E-state index contributed by atoms with van der Waals surface area (Å²) in [7, 11) is 0. The maximum absolute atomic E-state index is 12.0. The number of aromatic carboxylic acids is 1. The van der Waals surface area contributed by atoms with Crippen molar-refractivity contribution >= 4 is 17.6 Å². The molecule has 0 aliphatic carbocycles. The summed E-state index contributed by atoms with van der Waals surface area (Å²) >= 11 is 0. The molecule has 0 radical (unpaired) electrons. The second kappa shape index (κ2) is 5.08. The molecule has 0 aliphatic heterocycles. The van der Waals surface area contributed by atoms with Gasteiger partial charge in [0, 0.05) is 5.69 Å². The van der Waals surface area contributed by atoms with E-state index in [-0.39, 0.29) is 11.3 Å². The quantitative estimate of drug-likeness (QED) is 0.890. The second-order valence-electron chi connectivity index (χ2n) is 4.30. The highest BCUT2D eigenvalue weighted by molar-refractivity contribution is 6.05. The lowest BCUT2D eigenvalue weighted by molar-refractivity contribution is -0.268.